The lowest BCUT2D eigenvalue weighted by Crippen LogP contribution is -2.22. The van der Waals surface area contributed by atoms with Crippen LogP contribution in [0.1, 0.15) is 51.9 Å². The highest BCUT2D eigenvalue weighted by molar-refractivity contribution is 7.09. The lowest BCUT2D eigenvalue weighted by atomic mass is 9.87. The quantitative estimate of drug-likeness (QED) is 0.410. The maximum Gasteiger partial charge on any atom is 0.256 e. The highest BCUT2D eigenvalue weighted by Gasteiger charge is 2.16. The van der Waals surface area contributed by atoms with Gasteiger partial charge >= 0.3 is 0 Å². The summed E-state index contributed by atoms with van der Waals surface area (Å²) in [5.74, 6) is -0.0271. The molecule has 0 spiro atoms. The number of carbonyl (C=O) groups is 2. The standard InChI is InChI=1S/C24H24N4O2S/c1-24(2,3)17-9-6-15(7-10-17)23(30)26-21-19-13-16(8-11-20(19)27-28-21)22(29)25-14-18-5-4-12-31-18/h4-13H,14H2,1-3H3,(H,25,29)(H2,26,27,28,30). The number of amides is 2. The number of anilines is 1. The van der Waals surface area contributed by atoms with Gasteiger partial charge in [0.25, 0.3) is 11.8 Å². The van der Waals surface area contributed by atoms with Crippen molar-refractivity contribution in [1.29, 1.82) is 0 Å². The Morgan fingerprint density at radius 3 is 2.42 bits per heavy atom. The highest BCUT2D eigenvalue weighted by Crippen LogP contribution is 2.24. The van der Waals surface area contributed by atoms with Crippen molar-refractivity contribution in [3.05, 3.63) is 81.5 Å². The fourth-order valence-electron chi connectivity index (χ4n) is 3.23. The van der Waals surface area contributed by atoms with E-state index in [1.165, 1.54) is 0 Å². The third-order valence-electron chi connectivity index (χ3n) is 5.07. The molecule has 158 valence electrons. The summed E-state index contributed by atoms with van der Waals surface area (Å²) in [6.45, 7) is 6.87. The van der Waals surface area contributed by atoms with Crippen LogP contribution in [0.4, 0.5) is 5.82 Å². The zero-order chi connectivity index (χ0) is 22.0. The molecule has 6 nitrogen and oxygen atoms in total. The van der Waals surface area contributed by atoms with Crippen molar-refractivity contribution in [1.82, 2.24) is 15.5 Å². The number of aromatic nitrogens is 2. The van der Waals surface area contributed by atoms with Crippen LogP contribution in [-0.2, 0) is 12.0 Å². The number of nitrogens with one attached hydrogen (secondary N) is 3. The Morgan fingerprint density at radius 1 is 1.00 bits per heavy atom. The topological polar surface area (TPSA) is 86.9 Å². The summed E-state index contributed by atoms with van der Waals surface area (Å²) in [7, 11) is 0. The Balaban J connectivity index is 1.50. The molecular weight excluding hydrogens is 408 g/mol. The van der Waals surface area contributed by atoms with Crippen molar-refractivity contribution in [3.8, 4) is 0 Å². The zero-order valence-corrected chi connectivity index (χ0v) is 18.5. The number of rotatable bonds is 5. The van der Waals surface area contributed by atoms with Gasteiger partial charge in [-0.05, 0) is 52.8 Å². The van der Waals surface area contributed by atoms with Gasteiger partial charge in [-0.3, -0.25) is 14.7 Å². The molecule has 2 aromatic heterocycles. The molecule has 0 saturated heterocycles. The van der Waals surface area contributed by atoms with Crippen LogP contribution < -0.4 is 10.6 Å². The van der Waals surface area contributed by atoms with Crippen molar-refractivity contribution in [2.75, 3.05) is 5.32 Å². The van der Waals surface area contributed by atoms with Crippen molar-refractivity contribution < 1.29 is 9.59 Å². The number of fused-ring (bicyclic) bond motifs is 1. The zero-order valence-electron chi connectivity index (χ0n) is 17.7. The molecule has 0 aliphatic carbocycles. The molecule has 0 fully saturated rings. The first-order valence-electron chi connectivity index (χ1n) is 10.0. The van der Waals surface area contributed by atoms with Crippen molar-refractivity contribution in [2.24, 2.45) is 0 Å². The molecule has 4 aromatic rings. The van der Waals surface area contributed by atoms with E-state index < -0.39 is 0 Å². The minimum Gasteiger partial charge on any atom is -0.347 e. The van der Waals surface area contributed by atoms with E-state index >= 15 is 0 Å². The van der Waals surface area contributed by atoms with Gasteiger partial charge in [0.1, 0.15) is 0 Å². The van der Waals surface area contributed by atoms with E-state index in [0.717, 1.165) is 16.0 Å². The SMILES string of the molecule is CC(C)(C)c1ccc(C(=O)Nc2n[nH]c3ccc(C(=O)NCc4cccs4)cc23)cc1. The summed E-state index contributed by atoms with van der Waals surface area (Å²) in [6.07, 6.45) is 0. The molecule has 0 aliphatic rings. The third-order valence-corrected chi connectivity index (χ3v) is 5.95. The number of carbonyl (C=O) groups excluding carboxylic acids is 2. The Morgan fingerprint density at radius 2 is 1.74 bits per heavy atom. The molecule has 31 heavy (non-hydrogen) atoms. The van der Waals surface area contributed by atoms with E-state index in [9.17, 15) is 9.59 Å². The molecular formula is C24H24N4O2S. The van der Waals surface area contributed by atoms with Crippen LogP contribution in [0, 0.1) is 0 Å². The van der Waals surface area contributed by atoms with Gasteiger partial charge in [-0.1, -0.05) is 39.0 Å². The Labute approximate surface area is 184 Å². The van der Waals surface area contributed by atoms with Crippen LogP contribution in [0.25, 0.3) is 10.9 Å². The molecule has 2 aromatic carbocycles. The fourth-order valence-corrected chi connectivity index (χ4v) is 3.88. The molecule has 0 saturated carbocycles. The van der Waals surface area contributed by atoms with E-state index in [2.05, 4.69) is 41.6 Å². The van der Waals surface area contributed by atoms with Gasteiger partial charge in [-0.15, -0.1) is 11.3 Å². The molecule has 0 unspecified atom stereocenters. The minimum absolute atomic E-state index is 0.0217. The van der Waals surface area contributed by atoms with Crippen molar-refractivity contribution >= 4 is 39.9 Å². The van der Waals surface area contributed by atoms with Crippen LogP contribution in [0.3, 0.4) is 0 Å². The first-order valence-corrected chi connectivity index (χ1v) is 10.9. The predicted molar refractivity (Wildman–Crippen MR) is 125 cm³/mol. The van der Waals surface area contributed by atoms with Gasteiger partial charge in [-0.25, -0.2) is 0 Å². The van der Waals surface area contributed by atoms with Gasteiger partial charge in [0.2, 0.25) is 0 Å². The summed E-state index contributed by atoms with van der Waals surface area (Å²) >= 11 is 1.60. The first-order chi connectivity index (χ1) is 14.8. The van der Waals surface area contributed by atoms with E-state index in [1.54, 1.807) is 29.5 Å². The van der Waals surface area contributed by atoms with Gasteiger partial charge in [0.05, 0.1) is 12.1 Å². The summed E-state index contributed by atoms with van der Waals surface area (Å²) in [5.41, 5.74) is 2.98. The molecule has 0 bridgehead atoms. The molecule has 0 aliphatic heterocycles. The summed E-state index contributed by atoms with van der Waals surface area (Å²) in [5, 5.41) is 15.5. The fraction of sp³-hybridized carbons (Fsp3) is 0.208. The summed E-state index contributed by atoms with van der Waals surface area (Å²) in [6, 6.07) is 16.8. The third kappa shape index (κ3) is 4.67. The van der Waals surface area contributed by atoms with E-state index in [1.807, 2.05) is 41.8 Å². The Hall–Kier alpha value is -3.45. The highest BCUT2D eigenvalue weighted by atomic mass is 32.1. The number of benzene rings is 2. The number of hydrogen-bond acceptors (Lipinski definition) is 4. The van der Waals surface area contributed by atoms with Crippen molar-refractivity contribution in [2.45, 2.75) is 32.7 Å². The molecule has 2 heterocycles. The van der Waals surface area contributed by atoms with E-state index in [0.29, 0.717) is 28.9 Å². The number of nitrogens with zero attached hydrogens (tertiary/aromatic N) is 1. The average molecular weight is 433 g/mol. The lowest BCUT2D eigenvalue weighted by Gasteiger charge is -2.19. The van der Waals surface area contributed by atoms with Gasteiger partial charge < -0.3 is 10.6 Å². The van der Waals surface area contributed by atoms with Crippen LogP contribution >= 0.6 is 11.3 Å². The van der Waals surface area contributed by atoms with Crippen LogP contribution in [0.15, 0.2) is 60.0 Å². The molecule has 0 radical (unpaired) electrons. The predicted octanol–water partition coefficient (Wildman–Crippen LogP) is 5.10. The molecule has 0 atom stereocenters. The number of H-pyrrole nitrogens is 1. The minimum atomic E-state index is -0.249. The Bertz CT molecular complexity index is 1220. The second-order valence-electron chi connectivity index (χ2n) is 8.38. The second-order valence-corrected chi connectivity index (χ2v) is 9.41. The van der Waals surface area contributed by atoms with Gasteiger partial charge in [-0.2, -0.15) is 5.10 Å². The van der Waals surface area contributed by atoms with Crippen LogP contribution in [-0.4, -0.2) is 22.0 Å². The van der Waals surface area contributed by atoms with E-state index in [4.69, 9.17) is 0 Å². The second kappa shape index (κ2) is 8.35. The molecule has 4 rings (SSSR count). The summed E-state index contributed by atoms with van der Waals surface area (Å²) in [4.78, 5) is 26.4. The summed E-state index contributed by atoms with van der Waals surface area (Å²) < 4.78 is 0. The lowest BCUT2D eigenvalue weighted by molar-refractivity contribution is 0.0950. The normalized spacial score (nSPS) is 11.5. The average Bonchev–Trinajstić information content (AvgIpc) is 3.41. The monoisotopic (exact) mass is 432 g/mol. The smallest absolute Gasteiger partial charge is 0.256 e. The Kier molecular flexibility index (Phi) is 5.61. The van der Waals surface area contributed by atoms with Crippen molar-refractivity contribution in [3.63, 3.8) is 0 Å². The number of thiophene rings is 1. The van der Waals surface area contributed by atoms with Gasteiger partial charge in [0, 0.05) is 21.4 Å². The molecule has 2 amide bonds. The molecule has 3 N–H and O–H groups in total. The maximum absolute atomic E-state index is 12.7. The number of aromatic amines is 1. The largest absolute Gasteiger partial charge is 0.347 e. The van der Waals surface area contributed by atoms with Gasteiger partial charge in [0.15, 0.2) is 5.82 Å². The van der Waals surface area contributed by atoms with E-state index in [-0.39, 0.29) is 17.2 Å². The van der Waals surface area contributed by atoms with Crippen LogP contribution in [0.2, 0.25) is 0 Å². The first kappa shape index (κ1) is 20.8. The molecule has 7 heteroatoms. The number of hydrogen-bond donors (Lipinski definition) is 3. The van der Waals surface area contributed by atoms with Crippen LogP contribution in [0.5, 0.6) is 0 Å². The maximum atomic E-state index is 12.7.